The molecule has 0 aliphatic carbocycles. The van der Waals surface area contributed by atoms with Gasteiger partial charge in [-0.2, -0.15) is 10.3 Å². The van der Waals surface area contributed by atoms with Gasteiger partial charge in [-0.1, -0.05) is 17.2 Å². The van der Waals surface area contributed by atoms with Crippen molar-refractivity contribution in [1.82, 2.24) is 20.6 Å². The van der Waals surface area contributed by atoms with Crippen LogP contribution >= 0.6 is 0 Å². The van der Waals surface area contributed by atoms with E-state index in [1.807, 2.05) is 31.2 Å². The van der Waals surface area contributed by atoms with E-state index in [1.165, 1.54) is 0 Å². The Bertz CT molecular complexity index is 481. The van der Waals surface area contributed by atoms with E-state index in [0.717, 1.165) is 11.3 Å². The van der Waals surface area contributed by atoms with E-state index in [0.29, 0.717) is 12.6 Å². The standard InChI is InChI=1S/C10H12N6O/c1-2-17-9-6-4-3-5-8(9)7-11-12-10-13-15-16-14-10/h3-7H,2H2,1H3,(H2,12,13,14,15,16)/b11-7+. The van der Waals surface area contributed by atoms with Crippen molar-refractivity contribution in [2.45, 2.75) is 6.92 Å². The predicted molar refractivity (Wildman–Crippen MR) is 63.0 cm³/mol. The highest BCUT2D eigenvalue weighted by atomic mass is 16.5. The van der Waals surface area contributed by atoms with E-state index >= 15 is 0 Å². The average Bonchev–Trinajstić information content (AvgIpc) is 2.85. The van der Waals surface area contributed by atoms with Gasteiger partial charge in [0.1, 0.15) is 5.75 Å². The third-order valence-corrected chi connectivity index (χ3v) is 1.93. The molecule has 1 aromatic carbocycles. The van der Waals surface area contributed by atoms with Gasteiger partial charge in [0, 0.05) is 5.56 Å². The van der Waals surface area contributed by atoms with Crippen molar-refractivity contribution in [2.75, 3.05) is 12.0 Å². The molecule has 2 N–H and O–H groups in total. The van der Waals surface area contributed by atoms with Crippen LogP contribution in [0.4, 0.5) is 5.95 Å². The first-order valence-electron chi connectivity index (χ1n) is 5.14. The largest absolute Gasteiger partial charge is 0.493 e. The molecule has 2 rings (SSSR count). The molecule has 17 heavy (non-hydrogen) atoms. The number of hydrogen-bond acceptors (Lipinski definition) is 6. The van der Waals surface area contributed by atoms with Crippen LogP contribution in [0.5, 0.6) is 5.75 Å². The van der Waals surface area contributed by atoms with Crippen LogP contribution in [-0.2, 0) is 0 Å². The van der Waals surface area contributed by atoms with Crippen LogP contribution in [0, 0.1) is 0 Å². The number of anilines is 1. The molecule has 0 unspecified atom stereocenters. The summed E-state index contributed by atoms with van der Waals surface area (Å²) in [6.45, 7) is 2.55. The molecule has 0 aliphatic rings. The molecular formula is C10H12N6O. The summed E-state index contributed by atoms with van der Waals surface area (Å²) in [6.07, 6.45) is 1.64. The van der Waals surface area contributed by atoms with E-state index in [-0.39, 0.29) is 0 Å². The number of H-pyrrole nitrogens is 1. The van der Waals surface area contributed by atoms with Gasteiger partial charge in [-0.15, -0.1) is 5.10 Å². The molecule has 0 saturated carbocycles. The van der Waals surface area contributed by atoms with Crippen LogP contribution in [0.25, 0.3) is 0 Å². The van der Waals surface area contributed by atoms with Crippen molar-refractivity contribution >= 4 is 12.2 Å². The lowest BCUT2D eigenvalue weighted by Gasteiger charge is -2.05. The first-order valence-corrected chi connectivity index (χ1v) is 5.14. The first-order chi connectivity index (χ1) is 8.40. The lowest BCUT2D eigenvalue weighted by molar-refractivity contribution is 0.340. The molecule has 0 amide bonds. The Hall–Kier alpha value is -2.44. The Labute approximate surface area is 97.9 Å². The quantitative estimate of drug-likeness (QED) is 0.594. The Morgan fingerprint density at radius 3 is 3.12 bits per heavy atom. The highest BCUT2D eigenvalue weighted by Gasteiger charge is 1.99. The number of benzene rings is 1. The number of hydrogen-bond donors (Lipinski definition) is 2. The monoisotopic (exact) mass is 232 g/mol. The topological polar surface area (TPSA) is 88.1 Å². The summed E-state index contributed by atoms with van der Waals surface area (Å²) in [5.74, 6) is 1.10. The molecule has 7 nitrogen and oxygen atoms in total. The van der Waals surface area contributed by atoms with Crippen LogP contribution in [0.3, 0.4) is 0 Å². The van der Waals surface area contributed by atoms with Crippen molar-refractivity contribution in [2.24, 2.45) is 5.10 Å². The average molecular weight is 232 g/mol. The lowest BCUT2D eigenvalue weighted by atomic mass is 10.2. The minimum atomic E-state index is 0.315. The molecule has 1 heterocycles. The van der Waals surface area contributed by atoms with E-state index < -0.39 is 0 Å². The smallest absolute Gasteiger partial charge is 0.283 e. The van der Waals surface area contributed by atoms with Gasteiger partial charge in [0.25, 0.3) is 5.95 Å². The third-order valence-electron chi connectivity index (χ3n) is 1.93. The highest BCUT2D eigenvalue weighted by molar-refractivity contribution is 5.83. The van der Waals surface area contributed by atoms with Crippen LogP contribution < -0.4 is 10.2 Å². The second kappa shape index (κ2) is 5.59. The van der Waals surface area contributed by atoms with E-state index in [2.05, 4.69) is 31.2 Å². The van der Waals surface area contributed by atoms with Crippen LogP contribution in [0.1, 0.15) is 12.5 Å². The van der Waals surface area contributed by atoms with Crippen molar-refractivity contribution in [3.63, 3.8) is 0 Å². The fourth-order valence-electron chi connectivity index (χ4n) is 1.24. The number of tetrazole rings is 1. The van der Waals surface area contributed by atoms with E-state index in [4.69, 9.17) is 4.74 Å². The van der Waals surface area contributed by atoms with Crippen LogP contribution in [0.2, 0.25) is 0 Å². The Morgan fingerprint density at radius 1 is 1.47 bits per heavy atom. The number of hydrazone groups is 1. The molecule has 88 valence electrons. The molecule has 2 aromatic rings. The maximum Gasteiger partial charge on any atom is 0.283 e. The minimum absolute atomic E-state index is 0.315. The number of ether oxygens (including phenoxy) is 1. The van der Waals surface area contributed by atoms with Gasteiger partial charge >= 0.3 is 0 Å². The number of nitrogens with zero attached hydrogens (tertiary/aromatic N) is 4. The van der Waals surface area contributed by atoms with Gasteiger partial charge in [0.2, 0.25) is 0 Å². The minimum Gasteiger partial charge on any atom is -0.493 e. The fourth-order valence-corrected chi connectivity index (χ4v) is 1.24. The number of rotatable bonds is 5. The number of nitrogens with one attached hydrogen (secondary N) is 2. The van der Waals surface area contributed by atoms with E-state index in [1.54, 1.807) is 6.21 Å². The summed E-state index contributed by atoms with van der Waals surface area (Å²) in [5, 5.41) is 17.1. The zero-order valence-electron chi connectivity index (χ0n) is 9.29. The summed E-state index contributed by atoms with van der Waals surface area (Å²) >= 11 is 0. The molecule has 1 aromatic heterocycles. The highest BCUT2D eigenvalue weighted by Crippen LogP contribution is 2.15. The summed E-state index contributed by atoms with van der Waals surface area (Å²) < 4.78 is 5.46. The molecule has 0 spiro atoms. The van der Waals surface area contributed by atoms with Crippen LogP contribution in [0.15, 0.2) is 29.4 Å². The Kier molecular flexibility index (Phi) is 3.64. The fraction of sp³-hybridized carbons (Fsp3) is 0.200. The molecule has 0 bridgehead atoms. The van der Waals surface area contributed by atoms with Crippen molar-refractivity contribution in [3.05, 3.63) is 29.8 Å². The summed E-state index contributed by atoms with van der Waals surface area (Å²) in [7, 11) is 0. The SMILES string of the molecule is CCOc1ccccc1/C=N/Nc1nn[nH]n1. The van der Waals surface area contributed by atoms with Gasteiger partial charge in [0.05, 0.1) is 12.8 Å². The number of aromatic nitrogens is 4. The van der Waals surface area contributed by atoms with Gasteiger partial charge in [-0.25, -0.2) is 5.43 Å². The second-order valence-electron chi connectivity index (χ2n) is 3.08. The molecular weight excluding hydrogens is 220 g/mol. The van der Waals surface area contributed by atoms with Gasteiger partial charge in [-0.3, -0.25) is 0 Å². The zero-order valence-corrected chi connectivity index (χ0v) is 9.29. The van der Waals surface area contributed by atoms with E-state index in [9.17, 15) is 0 Å². The summed E-state index contributed by atoms with van der Waals surface area (Å²) in [4.78, 5) is 0. The second-order valence-corrected chi connectivity index (χ2v) is 3.08. The molecule has 0 fully saturated rings. The molecule has 0 radical (unpaired) electrons. The number of para-hydroxylation sites is 1. The normalized spacial score (nSPS) is 10.6. The Morgan fingerprint density at radius 2 is 2.35 bits per heavy atom. The molecule has 0 saturated heterocycles. The van der Waals surface area contributed by atoms with Crippen LogP contribution in [-0.4, -0.2) is 33.4 Å². The summed E-state index contributed by atoms with van der Waals surface area (Å²) in [6, 6.07) is 7.62. The lowest BCUT2D eigenvalue weighted by Crippen LogP contribution is -1.97. The maximum absolute atomic E-state index is 5.46. The van der Waals surface area contributed by atoms with Crippen molar-refractivity contribution < 1.29 is 4.74 Å². The molecule has 7 heteroatoms. The first kappa shape index (κ1) is 11.1. The van der Waals surface area contributed by atoms with Gasteiger partial charge < -0.3 is 4.74 Å². The van der Waals surface area contributed by atoms with Gasteiger partial charge in [0.15, 0.2) is 0 Å². The maximum atomic E-state index is 5.46. The van der Waals surface area contributed by atoms with Gasteiger partial charge in [-0.05, 0) is 24.3 Å². The van der Waals surface area contributed by atoms with Crippen molar-refractivity contribution in [3.8, 4) is 5.75 Å². The Balaban J connectivity index is 2.04. The summed E-state index contributed by atoms with van der Waals surface area (Å²) in [5.41, 5.74) is 3.52. The zero-order chi connectivity index (χ0) is 11.9. The molecule has 0 atom stereocenters. The van der Waals surface area contributed by atoms with Crippen molar-refractivity contribution in [1.29, 1.82) is 0 Å². The third kappa shape index (κ3) is 3.00. The molecule has 0 aliphatic heterocycles. The number of aromatic amines is 1. The predicted octanol–water partition coefficient (Wildman–Crippen LogP) is 1.04.